The highest BCUT2D eigenvalue weighted by Gasteiger charge is 2.24. The Hall–Kier alpha value is -0.780. The molecule has 18 heavy (non-hydrogen) atoms. The first kappa shape index (κ1) is 13.6. The van der Waals surface area contributed by atoms with Crippen LogP contribution in [0.5, 0.6) is 0 Å². The molecular weight excluding hydrogens is 317 g/mol. The standard InChI is InChI=1S/C13H13BrFNOS/c1-7-11(13(2,3)17)18-12(16-7)9-6-8(14)4-5-10(9)15/h4-6,17H,1-3H3. The third kappa shape index (κ3) is 2.63. The molecular formula is C13H13BrFNOS. The van der Waals surface area contributed by atoms with Crippen molar-refractivity contribution in [3.63, 3.8) is 0 Å². The molecule has 0 aliphatic rings. The van der Waals surface area contributed by atoms with Crippen LogP contribution in [0, 0.1) is 12.7 Å². The number of rotatable bonds is 2. The second kappa shape index (κ2) is 4.72. The Morgan fingerprint density at radius 2 is 2.06 bits per heavy atom. The Kier molecular flexibility index (Phi) is 3.58. The van der Waals surface area contributed by atoms with Crippen molar-refractivity contribution in [2.24, 2.45) is 0 Å². The largest absolute Gasteiger partial charge is 0.385 e. The molecule has 0 radical (unpaired) electrons. The van der Waals surface area contributed by atoms with E-state index in [9.17, 15) is 9.50 Å². The second-order valence-electron chi connectivity index (χ2n) is 4.62. The van der Waals surface area contributed by atoms with E-state index in [1.165, 1.54) is 17.4 Å². The minimum atomic E-state index is -0.956. The van der Waals surface area contributed by atoms with Crippen molar-refractivity contribution in [2.45, 2.75) is 26.4 Å². The van der Waals surface area contributed by atoms with E-state index in [1.807, 2.05) is 6.92 Å². The molecule has 1 heterocycles. The maximum Gasteiger partial charge on any atom is 0.133 e. The van der Waals surface area contributed by atoms with Gasteiger partial charge in [0.1, 0.15) is 10.8 Å². The van der Waals surface area contributed by atoms with E-state index in [0.717, 1.165) is 15.0 Å². The van der Waals surface area contributed by atoms with E-state index in [0.29, 0.717) is 10.6 Å². The summed E-state index contributed by atoms with van der Waals surface area (Å²) >= 11 is 4.64. The Balaban J connectivity index is 2.56. The number of benzene rings is 1. The lowest BCUT2D eigenvalue weighted by molar-refractivity contribution is 0.0817. The Morgan fingerprint density at radius 3 is 2.61 bits per heavy atom. The fraction of sp³-hybridized carbons (Fsp3) is 0.308. The van der Waals surface area contributed by atoms with Crippen molar-refractivity contribution in [1.29, 1.82) is 0 Å². The number of halogens is 2. The zero-order valence-electron chi connectivity index (χ0n) is 10.3. The van der Waals surface area contributed by atoms with Crippen molar-refractivity contribution in [2.75, 3.05) is 0 Å². The topological polar surface area (TPSA) is 33.1 Å². The van der Waals surface area contributed by atoms with Gasteiger partial charge in [0.05, 0.1) is 16.2 Å². The molecule has 0 bridgehead atoms. The van der Waals surface area contributed by atoms with E-state index >= 15 is 0 Å². The Bertz CT molecular complexity index is 589. The molecule has 2 nitrogen and oxygen atoms in total. The van der Waals surface area contributed by atoms with E-state index in [4.69, 9.17) is 0 Å². The fourth-order valence-corrected chi connectivity index (χ4v) is 3.19. The van der Waals surface area contributed by atoms with Gasteiger partial charge in [-0.1, -0.05) is 15.9 Å². The summed E-state index contributed by atoms with van der Waals surface area (Å²) in [6, 6.07) is 4.75. The number of thiazole rings is 1. The van der Waals surface area contributed by atoms with Crippen LogP contribution in [0.25, 0.3) is 10.6 Å². The predicted molar refractivity (Wildman–Crippen MR) is 75.2 cm³/mol. The van der Waals surface area contributed by atoms with Crippen LogP contribution in [0.15, 0.2) is 22.7 Å². The van der Waals surface area contributed by atoms with Gasteiger partial charge in [0.25, 0.3) is 0 Å². The molecule has 1 aromatic heterocycles. The Morgan fingerprint density at radius 1 is 1.39 bits per heavy atom. The average Bonchev–Trinajstić information content (AvgIpc) is 2.63. The summed E-state index contributed by atoms with van der Waals surface area (Å²) in [7, 11) is 0. The molecule has 1 N–H and O–H groups in total. The van der Waals surface area contributed by atoms with Gasteiger partial charge in [-0.25, -0.2) is 9.37 Å². The van der Waals surface area contributed by atoms with Gasteiger partial charge in [-0.3, -0.25) is 0 Å². The first-order chi connectivity index (χ1) is 8.29. The first-order valence-electron chi connectivity index (χ1n) is 5.45. The van der Waals surface area contributed by atoms with Crippen LogP contribution in [0.4, 0.5) is 4.39 Å². The van der Waals surface area contributed by atoms with E-state index in [2.05, 4.69) is 20.9 Å². The molecule has 5 heteroatoms. The molecule has 1 aromatic carbocycles. The van der Waals surface area contributed by atoms with Crippen molar-refractivity contribution in [3.05, 3.63) is 39.1 Å². The minimum absolute atomic E-state index is 0.311. The zero-order valence-corrected chi connectivity index (χ0v) is 12.7. The van der Waals surface area contributed by atoms with Crippen molar-refractivity contribution in [3.8, 4) is 10.6 Å². The molecule has 96 valence electrons. The second-order valence-corrected chi connectivity index (χ2v) is 6.53. The summed E-state index contributed by atoms with van der Waals surface area (Å²) in [5.41, 5.74) is 0.234. The summed E-state index contributed by atoms with van der Waals surface area (Å²) in [5, 5.41) is 10.6. The Labute approximate surface area is 118 Å². The van der Waals surface area contributed by atoms with Crippen LogP contribution in [-0.4, -0.2) is 10.1 Å². The number of nitrogens with zero attached hydrogens (tertiary/aromatic N) is 1. The average molecular weight is 330 g/mol. The van der Waals surface area contributed by atoms with Crippen LogP contribution >= 0.6 is 27.3 Å². The lowest BCUT2D eigenvalue weighted by atomic mass is 10.1. The van der Waals surface area contributed by atoms with Crippen molar-refractivity contribution in [1.82, 2.24) is 4.98 Å². The molecule has 2 rings (SSSR count). The molecule has 0 atom stereocenters. The monoisotopic (exact) mass is 329 g/mol. The molecule has 0 amide bonds. The van der Waals surface area contributed by atoms with Crippen molar-refractivity contribution >= 4 is 27.3 Å². The van der Waals surface area contributed by atoms with Crippen LogP contribution in [0.1, 0.15) is 24.4 Å². The van der Waals surface area contributed by atoms with Gasteiger partial charge in [-0.15, -0.1) is 11.3 Å². The number of aryl methyl sites for hydroxylation is 1. The lowest BCUT2D eigenvalue weighted by Crippen LogP contribution is -2.14. The van der Waals surface area contributed by atoms with Crippen LogP contribution in [0.2, 0.25) is 0 Å². The van der Waals surface area contributed by atoms with Crippen molar-refractivity contribution < 1.29 is 9.50 Å². The van der Waals surface area contributed by atoms with Crippen LogP contribution in [-0.2, 0) is 5.60 Å². The number of aliphatic hydroxyl groups is 1. The van der Waals surface area contributed by atoms with Crippen LogP contribution < -0.4 is 0 Å². The predicted octanol–water partition coefficient (Wildman–Crippen LogP) is 4.25. The molecule has 0 saturated carbocycles. The minimum Gasteiger partial charge on any atom is -0.385 e. The highest BCUT2D eigenvalue weighted by atomic mass is 79.9. The van der Waals surface area contributed by atoms with Gasteiger partial charge < -0.3 is 5.11 Å². The van der Waals surface area contributed by atoms with E-state index in [1.54, 1.807) is 26.0 Å². The summed E-state index contributed by atoms with van der Waals surface area (Å²) in [6.45, 7) is 5.23. The van der Waals surface area contributed by atoms with Gasteiger partial charge >= 0.3 is 0 Å². The number of aromatic nitrogens is 1. The molecule has 0 aliphatic heterocycles. The van der Waals surface area contributed by atoms with E-state index in [-0.39, 0.29) is 5.82 Å². The summed E-state index contributed by atoms with van der Waals surface area (Å²) in [6.07, 6.45) is 0. The fourth-order valence-electron chi connectivity index (χ4n) is 1.74. The van der Waals surface area contributed by atoms with Gasteiger partial charge in [0.15, 0.2) is 0 Å². The van der Waals surface area contributed by atoms with Gasteiger partial charge in [0, 0.05) is 10.0 Å². The van der Waals surface area contributed by atoms with E-state index < -0.39 is 5.60 Å². The number of hydrogen-bond acceptors (Lipinski definition) is 3. The maximum absolute atomic E-state index is 13.8. The normalized spacial score (nSPS) is 11.9. The lowest BCUT2D eigenvalue weighted by Gasteiger charge is -2.14. The summed E-state index contributed by atoms with van der Waals surface area (Å²) in [5.74, 6) is -0.311. The molecule has 0 saturated heterocycles. The zero-order chi connectivity index (χ0) is 13.5. The first-order valence-corrected chi connectivity index (χ1v) is 7.05. The molecule has 0 unspecified atom stereocenters. The van der Waals surface area contributed by atoms with Gasteiger partial charge in [0.2, 0.25) is 0 Å². The SMILES string of the molecule is Cc1nc(-c2cc(Br)ccc2F)sc1C(C)(C)O. The summed E-state index contributed by atoms with van der Waals surface area (Å²) in [4.78, 5) is 5.11. The molecule has 0 fully saturated rings. The van der Waals surface area contributed by atoms with Gasteiger partial charge in [-0.2, -0.15) is 0 Å². The highest BCUT2D eigenvalue weighted by Crippen LogP contribution is 2.36. The number of hydrogen-bond donors (Lipinski definition) is 1. The summed E-state index contributed by atoms with van der Waals surface area (Å²) < 4.78 is 14.6. The maximum atomic E-state index is 13.8. The quantitative estimate of drug-likeness (QED) is 0.893. The van der Waals surface area contributed by atoms with Gasteiger partial charge in [-0.05, 0) is 39.0 Å². The molecule has 2 aromatic rings. The highest BCUT2D eigenvalue weighted by molar-refractivity contribution is 9.10. The smallest absolute Gasteiger partial charge is 0.133 e. The third-order valence-electron chi connectivity index (χ3n) is 2.51. The molecule has 0 aliphatic carbocycles. The van der Waals surface area contributed by atoms with Crippen LogP contribution in [0.3, 0.4) is 0 Å². The molecule has 0 spiro atoms. The third-order valence-corrected chi connectivity index (χ3v) is 4.51.